The summed E-state index contributed by atoms with van der Waals surface area (Å²) in [5.41, 5.74) is 5.20. The van der Waals surface area contributed by atoms with Gasteiger partial charge in [-0.2, -0.15) is 5.26 Å². The van der Waals surface area contributed by atoms with Crippen molar-refractivity contribution in [3.8, 4) is 6.07 Å². The van der Waals surface area contributed by atoms with E-state index >= 15 is 0 Å². The number of carboxylic acid groups (broad SMARTS) is 1. The van der Waals surface area contributed by atoms with Gasteiger partial charge >= 0.3 is 6.09 Å². The second-order valence-electron chi connectivity index (χ2n) is 5.24. The summed E-state index contributed by atoms with van der Waals surface area (Å²) >= 11 is 2.28. The fraction of sp³-hybridized carbons (Fsp3) is 0.429. The monoisotopic (exact) mass is 389 g/mol. The fourth-order valence-corrected chi connectivity index (χ4v) is 1.87. The molecule has 0 radical (unpaired) electrons. The molecule has 0 heterocycles. The number of nitrogens with two attached hydrogens (primary N) is 1. The lowest BCUT2D eigenvalue weighted by atomic mass is 10.0. The van der Waals surface area contributed by atoms with Crippen LogP contribution in [-0.4, -0.2) is 22.8 Å². The van der Waals surface area contributed by atoms with Gasteiger partial charge in [0.05, 0.1) is 12.1 Å². The van der Waals surface area contributed by atoms with E-state index < -0.39 is 6.09 Å². The Kier molecular flexibility index (Phi) is 8.18. The Morgan fingerprint density at radius 2 is 1.90 bits per heavy atom. The summed E-state index contributed by atoms with van der Waals surface area (Å²) in [5.74, 6) is 0. The number of benzene rings is 1. The summed E-state index contributed by atoms with van der Waals surface area (Å²) in [6.07, 6.45) is -0.579. The van der Waals surface area contributed by atoms with E-state index in [4.69, 9.17) is 15.2 Å². The molecule has 0 fully saturated rings. The van der Waals surface area contributed by atoms with Crippen molar-refractivity contribution >= 4 is 28.7 Å². The largest absolute Gasteiger partial charge is 0.465 e. The third kappa shape index (κ3) is 10.6. The number of hydrogen-bond donors (Lipinski definition) is 3. The van der Waals surface area contributed by atoms with E-state index in [2.05, 4.69) is 84.7 Å². The number of rotatable bonds is 3. The van der Waals surface area contributed by atoms with Crippen molar-refractivity contribution in [2.45, 2.75) is 38.8 Å². The van der Waals surface area contributed by atoms with Crippen LogP contribution in [0.4, 0.5) is 4.79 Å². The standard InChI is InChI=1S/C13H17IN2.CH3NO2/c1-13(2,3)16-12(9-15)8-10-4-6-11(14)7-5-10;2-1(3)4/h4-7,12,16H,8H2,1-3H3;2H2,(H,3,4). The molecular formula is C14H20IN3O2. The van der Waals surface area contributed by atoms with Crippen LogP contribution >= 0.6 is 22.6 Å². The minimum Gasteiger partial charge on any atom is -0.465 e. The van der Waals surface area contributed by atoms with Crippen LogP contribution in [0.2, 0.25) is 0 Å². The first kappa shape index (κ1) is 18.7. The first-order valence-corrected chi connectivity index (χ1v) is 7.12. The molecule has 5 nitrogen and oxygen atoms in total. The van der Waals surface area contributed by atoms with Gasteiger partial charge in [0.25, 0.3) is 0 Å². The zero-order valence-electron chi connectivity index (χ0n) is 11.9. The summed E-state index contributed by atoms with van der Waals surface area (Å²) in [6.45, 7) is 6.22. The number of nitrogens with one attached hydrogen (secondary N) is 1. The Morgan fingerprint density at radius 3 is 2.25 bits per heavy atom. The lowest BCUT2D eigenvalue weighted by molar-refractivity contribution is 0.205. The molecule has 4 N–H and O–H groups in total. The van der Waals surface area contributed by atoms with E-state index in [0.29, 0.717) is 0 Å². The smallest absolute Gasteiger partial charge is 0.402 e. The minimum absolute atomic E-state index is 0.0242. The van der Waals surface area contributed by atoms with Crippen molar-refractivity contribution in [3.05, 3.63) is 33.4 Å². The first-order valence-electron chi connectivity index (χ1n) is 6.04. The van der Waals surface area contributed by atoms with Crippen molar-refractivity contribution < 1.29 is 9.90 Å². The molecule has 1 amide bonds. The van der Waals surface area contributed by atoms with Crippen LogP contribution in [0, 0.1) is 14.9 Å². The van der Waals surface area contributed by atoms with Crippen LogP contribution in [0.15, 0.2) is 24.3 Å². The molecule has 6 heteroatoms. The van der Waals surface area contributed by atoms with Crippen molar-refractivity contribution in [2.75, 3.05) is 0 Å². The molecule has 0 spiro atoms. The third-order valence-corrected chi connectivity index (χ3v) is 2.84. The number of amides is 1. The average Bonchev–Trinajstić information content (AvgIpc) is 2.28. The predicted molar refractivity (Wildman–Crippen MR) is 87.4 cm³/mol. The summed E-state index contributed by atoms with van der Waals surface area (Å²) in [5, 5.41) is 19.6. The summed E-state index contributed by atoms with van der Waals surface area (Å²) in [4.78, 5) is 8.78. The molecule has 0 aromatic heterocycles. The van der Waals surface area contributed by atoms with E-state index in [1.54, 1.807) is 0 Å². The van der Waals surface area contributed by atoms with Gasteiger partial charge in [0, 0.05) is 15.5 Å². The van der Waals surface area contributed by atoms with Crippen molar-refractivity contribution in [1.82, 2.24) is 5.32 Å². The second-order valence-corrected chi connectivity index (χ2v) is 6.49. The molecule has 0 saturated carbocycles. The molecule has 1 aromatic rings. The highest BCUT2D eigenvalue weighted by Gasteiger charge is 2.16. The molecule has 0 aliphatic carbocycles. The lowest BCUT2D eigenvalue weighted by Gasteiger charge is -2.24. The molecule has 1 atom stereocenters. The number of nitrogens with zero attached hydrogens (tertiary/aromatic N) is 1. The lowest BCUT2D eigenvalue weighted by Crippen LogP contribution is -2.43. The Morgan fingerprint density at radius 1 is 1.45 bits per heavy atom. The van der Waals surface area contributed by atoms with Crippen LogP contribution < -0.4 is 11.1 Å². The molecular weight excluding hydrogens is 369 g/mol. The molecule has 0 aliphatic rings. The fourth-order valence-electron chi connectivity index (χ4n) is 1.51. The maximum Gasteiger partial charge on any atom is 0.402 e. The van der Waals surface area contributed by atoms with Gasteiger partial charge in [-0.25, -0.2) is 4.79 Å². The number of primary amides is 1. The normalized spacial score (nSPS) is 11.8. The molecule has 20 heavy (non-hydrogen) atoms. The first-order chi connectivity index (χ1) is 9.14. The summed E-state index contributed by atoms with van der Waals surface area (Å²) < 4.78 is 1.22. The van der Waals surface area contributed by atoms with E-state index in [-0.39, 0.29) is 11.6 Å². The van der Waals surface area contributed by atoms with E-state index in [9.17, 15) is 0 Å². The Bertz CT molecular complexity index is 457. The predicted octanol–water partition coefficient (Wildman–Crippen LogP) is 2.74. The van der Waals surface area contributed by atoms with E-state index in [1.807, 2.05) is 0 Å². The number of hydrogen-bond acceptors (Lipinski definition) is 3. The van der Waals surface area contributed by atoms with Gasteiger partial charge < -0.3 is 10.8 Å². The SMILES string of the molecule is CC(C)(C)NC(C#N)Cc1ccc(I)cc1.NC(=O)O. The van der Waals surface area contributed by atoms with Crippen LogP contribution in [0.3, 0.4) is 0 Å². The van der Waals surface area contributed by atoms with E-state index in [1.165, 1.54) is 9.13 Å². The van der Waals surface area contributed by atoms with Gasteiger partial charge in [-0.3, -0.25) is 5.32 Å². The highest BCUT2D eigenvalue weighted by atomic mass is 127. The topological polar surface area (TPSA) is 99.1 Å². The van der Waals surface area contributed by atoms with Gasteiger partial charge in [0.15, 0.2) is 0 Å². The van der Waals surface area contributed by atoms with Crippen LogP contribution in [0.1, 0.15) is 26.3 Å². The van der Waals surface area contributed by atoms with Crippen molar-refractivity contribution in [3.63, 3.8) is 0 Å². The maximum absolute atomic E-state index is 9.09. The Hall–Kier alpha value is -1.33. The quantitative estimate of drug-likeness (QED) is 0.693. The molecule has 0 saturated heterocycles. The minimum atomic E-state index is -1.33. The van der Waals surface area contributed by atoms with Crippen LogP contribution in [-0.2, 0) is 6.42 Å². The van der Waals surface area contributed by atoms with E-state index in [0.717, 1.165) is 6.42 Å². The highest BCUT2D eigenvalue weighted by molar-refractivity contribution is 14.1. The van der Waals surface area contributed by atoms with Gasteiger partial charge in [-0.1, -0.05) is 12.1 Å². The highest BCUT2D eigenvalue weighted by Crippen LogP contribution is 2.10. The number of halogens is 1. The molecule has 110 valence electrons. The molecule has 1 rings (SSSR count). The second kappa shape index (κ2) is 8.76. The molecule has 0 aliphatic heterocycles. The third-order valence-electron chi connectivity index (χ3n) is 2.12. The zero-order valence-corrected chi connectivity index (χ0v) is 14.0. The number of carbonyl (C=O) groups is 1. The summed E-state index contributed by atoms with van der Waals surface area (Å²) in [6, 6.07) is 10.5. The van der Waals surface area contributed by atoms with Gasteiger partial charge in [0.1, 0.15) is 0 Å². The van der Waals surface area contributed by atoms with Gasteiger partial charge in [-0.05, 0) is 61.1 Å². The molecule has 1 unspecified atom stereocenters. The average molecular weight is 389 g/mol. The van der Waals surface area contributed by atoms with Gasteiger partial charge in [-0.15, -0.1) is 0 Å². The zero-order chi connectivity index (χ0) is 15.8. The van der Waals surface area contributed by atoms with Gasteiger partial charge in [0.2, 0.25) is 0 Å². The number of nitriles is 1. The molecule has 1 aromatic carbocycles. The maximum atomic E-state index is 9.09. The van der Waals surface area contributed by atoms with Crippen LogP contribution in [0.5, 0.6) is 0 Å². The Balaban J connectivity index is 0.000000796. The Labute approximate surface area is 133 Å². The van der Waals surface area contributed by atoms with Crippen LogP contribution in [0.25, 0.3) is 0 Å². The molecule has 0 bridgehead atoms. The van der Waals surface area contributed by atoms with Crippen molar-refractivity contribution in [1.29, 1.82) is 5.26 Å². The van der Waals surface area contributed by atoms with Crippen molar-refractivity contribution in [2.24, 2.45) is 5.73 Å². The summed E-state index contributed by atoms with van der Waals surface area (Å²) in [7, 11) is 0.